The third-order valence-corrected chi connectivity index (χ3v) is 3.07. The van der Waals surface area contributed by atoms with Gasteiger partial charge in [0.1, 0.15) is 5.82 Å². The minimum absolute atomic E-state index is 0.151. The van der Waals surface area contributed by atoms with Gasteiger partial charge in [0, 0.05) is 5.56 Å². The van der Waals surface area contributed by atoms with E-state index >= 15 is 0 Å². The highest BCUT2D eigenvalue weighted by atomic mass is 32.1. The van der Waals surface area contributed by atoms with Gasteiger partial charge in [0.15, 0.2) is 5.13 Å². The van der Waals surface area contributed by atoms with E-state index in [-0.39, 0.29) is 11.7 Å². The van der Waals surface area contributed by atoms with Crippen LogP contribution in [-0.2, 0) is 0 Å². The maximum absolute atomic E-state index is 13.5. The molecule has 14 heavy (non-hydrogen) atoms. The smallest absolute Gasteiger partial charge is 0.181 e. The molecule has 0 aliphatic heterocycles. The normalized spacial score (nSPS) is 11.4. The summed E-state index contributed by atoms with van der Waals surface area (Å²) in [6, 6.07) is 3.13. The standard InChI is InChI=1S/C10H11FN2S/c1-5(2)8-6(11)3-4-7-9(8)14-10(12)13-7/h3-5H,1-2H3,(H2,12,13). The van der Waals surface area contributed by atoms with Crippen LogP contribution in [0.1, 0.15) is 25.3 Å². The van der Waals surface area contributed by atoms with Crippen molar-refractivity contribution in [3.05, 3.63) is 23.5 Å². The number of thiazole rings is 1. The fourth-order valence-corrected chi connectivity index (χ4v) is 2.56. The summed E-state index contributed by atoms with van der Waals surface area (Å²) >= 11 is 1.35. The predicted octanol–water partition coefficient (Wildman–Crippen LogP) is 3.14. The third-order valence-electron chi connectivity index (χ3n) is 2.14. The molecular weight excluding hydrogens is 199 g/mol. The van der Waals surface area contributed by atoms with Crippen molar-refractivity contribution in [3.63, 3.8) is 0 Å². The van der Waals surface area contributed by atoms with Gasteiger partial charge in [0.25, 0.3) is 0 Å². The van der Waals surface area contributed by atoms with E-state index in [0.29, 0.717) is 5.13 Å². The molecule has 0 saturated heterocycles. The molecule has 1 heterocycles. The summed E-state index contributed by atoms with van der Waals surface area (Å²) in [5.74, 6) is -0.0188. The number of fused-ring (bicyclic) bond motifs is 1. The van der Waals surface area contributed by atoms with Crippen LogP contribution >= 0.6 is 11.3 Å². The summed E-state index contributed by atoms with van der Waals surface area (Å²) in [5.41, 5.74) is 7.10. The number of nitrogens with two attached hydrogens (primary N) is 1. The lowest BCUT2D eigenvalue weighted by Gasteiger charge is -2.06. The van der Waals surface area contributed by atoms with Crippen molar-refractivity contribution in [2.45, 2.75) is 19.8 Å². The Hall–Kier alpha value is -1.16. The highest BCUT2D eigenvalue weighted by molar-refractivity contribution is 7.22. The first-order valence-corrected chi connectivity index (χ1v) is 5.25. The Balaban J connectivity index is 2.82. The van der Waals surface area contributed by atoms with Gasteiger partial charge in [-0.15, -0.1) is 0 Å². The molecule has 2 rings (SSSR count). The van der Waals surface area contributed by atoms with Crippen LogP contribution < -0.4 is 5.73 Å². The maximum atomic E-state index is 13.5. The van der Waals surface area contributed by atoms with E-state index in [1.807, 2.05) is 13.8 Å². The largest absolute Gasteiger partial charge is 0.375 e. The van der Waals surface area contributed by atoms with E-state index in [1.165, 1.54) is 17.4 Å². The number of aromatic nitrogens is 1. The van der Waals surface area contributed by atoms with Crippen LogP contribution in [0.3, 0.4) is 0 Å². The van der Waals surface area contributed by atoms with Crippen LogP contribution in [0, 0.1) is 5.82 Å². The molecule has 0 spiro atoms. The first kappa shape index (κ1) is 9.40. The second-order valence-corrected chi connectivity index (χ2v) is 4.55. The summed E-state index contributed by atoms with van der Waals surface area (Å²) in [4.78, 5) is 4.13. The summed E-state index contributed by atoms with van der Waals surface area (Å²) in [7, 11) is 0. The van der Waals surface area contributed by atoms with Crippen molar-refractivity contribution in [2.75, 3.05) is 5.73 Å². The lowest BCUT2D eigenvalue weighted by Crippen LogP contribution is -1.92. The first-order chi connectivity index (χ1) is 6.59. The molecule has 0 aliphatic carbocycles. The van der Waals surface area contributed by atoms with Gasteiger partial charge in [0.2, 0.25) is 0 Å². The number of benzene rings is 1. The first-order valence-electron chi connectivity index (χ1n) is 4.44. The molecule has 74 valence electrons. The van der Waals surface area contributed by atoms with Gasteiger partial charge in [-0.1, -0.05) is 25.2 Å². The third kappa shape index (κ3) is 1.35. The molecule has 0 atom stereocenters. The van der Waals surface area contributed by atoms with Crippen LogP contribution in [0.15, 0.2) is 12.1 Å². The van der Waals surface area contributed by atoms with E-state index in [1.54, 1.807) is 6.07 Å². The predicted molar refractivity (Wildman–Crippen MR) is 58.1 cm³/mol. The summed E-state index contributed by atoms with van der Waals surface area (Å²) in [5, 5.41) is 0.493. The maximum Gasteiger partial charge on any atom is 0.181 e. The Morgan fingerprint density at radius 2 is 2.14 bits per heavy atom. The second kappa shape index (κ2) is 3.20. The van der Waals surface area contributed by atoms with Crippen LogP contribution in [0.5, 0.6) is 0 Å². The lowest BCUT2D eigenvalue weighted by molar-refractivity contribution is 0.602. The molecule has 1 aromatic carbocycles. The zero-order valence-corrected chi connectivity index (χ0v) is 8.86. The fraction of sp³-hybridized carbons (Fsp3) is 0.300. The van der Waals surface area contributed by atoms with Crippen LogP contribution in [0.4, 0.5) is 9.52 Å². The molecule has 1 aromatic heterocycles. The number of hydrogen-bond acceptors (Lipinski definition) is 3. The number of rotatable bonds is 1. The molecule has 2 aromatic rings. The Morgan fingerprint density at radius 3 is 2.79 bits per heavy atom. The summed E-state index contributed by atoms with van der Waals surface area (Å²) in [6.07, 6.45) is 0. The van der Waals surface area contributed by atoms with Crippen molar-refractivity contribution < 1.29 is 4.39 Å². The quantitative estimate of drug-likeness (QED) is 0.785. The van der Waals surface area contributed by atoms with Crippen molar-refractivity contribution in [1.29, 1.82) is 0 Å². The Bertz CT molecular complexity index is 476. The molecule has 0 saturated carbocycles. The highest BCUT2D eigenvalue weighted by Gasteiger charge is 2.14. The molecule has 4 heteroatoms. The molecule has 2 N–H and O–H groups in total. The van der Waals surface area contributed by atoms with Crippen LogP contribution in [0.2, 0.25) is 0 Å². The number of nitrogen functional groups attached to an aromatic ring is 1. The van der Waals surface area contributed by atoms with Gasteiger partial charge < -0.3 is 5.73 Å². The number of anilines is 1. The molecule has 0 aliphatic rings. The van der Waals surface area contributed by atoms with Gasteiger partial charge >= 0.3 is 0 Å². The molecule has 0 radical (unpaired) electrons. The Morgan fingerprint density at radius 1 is 1.43 bits per heavy atom. The van der Waals surface area contributed by atoms with Crippen LogP contribution in [-0.4, -0.2) is 4.98 Å². The van der Waals surface area contributed by atoms with Gasteiger partial charge in [-0.2, -0.15) is 0 Å². The van der Waals surface area contributed by atoms with Crippen molar-refractivity contribution in [3.8, 4) is 0 Å². The number of halogens is 1. The Labute approximate surface area is 85.6 Å². The Kier molecular flexibility index (Phi) is 2.15. The fourth-order valence-electron chi connectivity index (χ4n) is 1.54. The van der Waals surface area contributed by atoms with Gasteiger partial charge in [0.05, 0.1) is 10.2 Å². The molecule has 0 fully saturated rings. The van der Waals surface area contributed by atoms with E-state index < -0.39 is 0 Å². The zero-order valence-electron chi connectivity index (χ0n) is 8.04. The summed E-state index contributed by atoms with van der Waals surface area (Å²) < 4.78 is 14.4. The van der Waals surface area contributed by atoms with Gasteiger partial charge in [-0.05, 0) is 18.1 Å². The van der Waals surface area contributed by atoms with Gasteiger partial charge in [-0.3, -0.25) is 0 Å². The van der Waals surface area contributed by atoms with E-state index in [2.05, 4.69) is 4.98 Å². The number of nitrogens with zero attached hydrogens (tertiary/aromatic N) is 1. The zero-order chi connectivity index (χ0) is 10.3. The highest BCUT2D eigenvalue weighted by Crippen LogP contribution is 2.33. The lowest BCUT2D eigenvalue weighted by atomic mass is 10.0. The van der Waals surface area contributed by atoms with Gasteiger partial charge in [-0.25, -0.2) is 9.37 Å². The molecule has 0 bridgehead atoms. The van der Waals surface area contributed by atoms with Crippen molar-refractivity contribution >= 4 is 26.7 Å². The average molecular weight is 210 g/mol. The average Bonchev–Trinajstić information content (AvgIpc) is 2.43. The van der Waals surface area contributed by atoms with E-state index in [9.17, 15) is 4.39 Å². The van der Waals surface area contributed by atoms with E-state index in [0.717, 1.165) is 15.8 Å². The van der Waals surface area contributed by atoms with Crippen molar-refractivity contribution in [2.24, 2.45) is 0 Å². The minimum atomic E-state index is -0.170. The number of hydrogen-bond donors (Lipinski definition) is 1. The summed E-state index contributed by atoms with van der Waals surface area (Å²) in [6.45, 7) is 3.93. The topological polar surface area (TPSA) is 38.9 Å². The molecule has 0 unspecified atom stereocenters. The minimum Gasteiger partial charge on any atom is -0.375 e. The van der Waals surface area contributed by atoms with Crippen molar-refractivity contribution in [1.82, 2.24) is 4.98 Å². The molecule has 2 nitrogen and oxygen atoms in total. The molecule has 0 amide bonds. The second-order valence-electron chi connectivity index (χ2n) is 3.52. The SMILES string of the molecule is CC(C)c1c(F)ccc2nc(N)sc12. The van der Waals surface area contributed by atoms with Crippen LogP contribution in [0.25, 0.3) is 10.2 Å². The van der Waals surface area contributed by atoms with E-state index in [4.69, 9.17) is 5.73 Å². The molecular formula is C10H11FN2S. The monoisotopic (exact) mass is 210 g/mol.